The molecule has 0 amide bonds. The largest absolute Gasteiger partial charge is 0.506 e. The Bertz CT molecular complexity index is 544. The second-order valence-electron chi connectivity index (χ2n) is 7.85. The molecular weight excluding hydrogens is 344 g/mol. The number of rotatable bonds is 13. The first kappa shape index (κ1) is 22.9. The van der Waals surface area contributed by atoms with Crippen LogP contribution in [0.3, 0.4) is 0 Å². The number of carboxylic acids is 1. The highest BCUT2D eigenvalue weighted by Crippen LogP contribution is 2.33. The van der Waals surface area contributed by atoms with Crippen molar-refractivity contribution < 1.29 is 15.0 Å². The maximum absolute atomic E-state index is 11.1. The van der Waals surface area contributed by atoms with E-state index in [-0.39, 0.29) is 11.3 Å². The van der Waals surface area contributed by atoms with Gasteiger partial charge in [-0.1, -0.05) is 72.3 Å². The zero-order valence-electron chi connectivity index (χ0n) is 16.8. The maximum atomic E-state index is 11.1. The molecule has 0 aliphatic rings. The van der Waals surface area contributed by atoms with Gasteiger partial charge in [0.15, 0.2) is 0 Å². The van der Waals surface area contributed by atoms with Crippen LogP contribution < -0.4 is 0 Å². The first-order chi connectivity index (χ1) is 12.3. The van der Waals surface area contributed by atoms with Gasteiger partial charge in [0.1, 0.15) is 11.3 Å². The molecular formula is C22H36O3S. The maximum Gasteiger partial charge on any atom is 0.339 e. The molecule has 3 unspecified atom stereocenters. The molecule has 0 aromatic heterocycles. The van der Waals surface area contributed by atoms with E-state index in [1.165, 1.54) is 51.0 Å². The topological polar surface area (TPSA) is 57.5 Å². The lowest BCUT2D eigenvalue weighted by atomic mass is 9.93. The van der Waals surface area contributed by atoms with Crippen LogP contribution in [0.5, 0.6) is 5.75 Å². The van der Waals surface area contributed by atoms with Crippen LogP contribution in [-0.2, 0) is 0 Å². The van der Waals surface area contributed by atoms with E-state index in [1.807, 2.05) is 0 Å². The Morgan fingerprint density at radius 3 is 2.15 bits per heavy atom. The molecule has 0 bridgehead atoms. The predicted molar refractivity (Wildman–Crippen MR) is 111 cm³/mol. The van der Waals surface area contributed by atoms with Crippen molar-refractivity contribution in [3.63, 3.8) is 0 Å². The Balaban J connectivity index is 2.26. The van der Waals surface area contributed by atoms with Gasteiger partial charge >= 0.3 is 5.97 Å². The summed E-state index contributed by atoms with van der Waals surface area (Å²) in [4.78, 5) is 11.7. The van der Waals surface area contributed by atoms with Crippen molar-refractivity contribution in [2.24, 2.45) is 17.8 Å². The number of hydrogen-bond acceptors (Lipinski definition) is 3. The van der Waals surface area contributed by atoms with Gasteiger partial charge < -0.3 is 10.2 Å². The van der Waals surface area contributed by atoms with E-state index in [1.54, 1.807) is 23.9 Å². The minimum atomic E-state index is -1.08. The summed E-state index contributed by atoms with van der Waals surface area (Å²) in [6.45, 7) is 9.21. The molecule has 0 radical (unpaired) electrons. The van der Waals surface area contributed by atoms with E-state index >= 15 is 0 Å². The van der Waals surface area contributed by atoms with E-state index in [9.17, 15) is 9.90 Å². The highest BCUT2D eigenvalue weighted by molar-refractivity contribution is 7.99. The molecule has 0 aliphatic heterocycles. The van der Waals surface area contributed by atoms with Gasteiger partial charge in [0.2, 0.25) is 0 Å². The van der Waals surface area contributed by atoms with Gasteiger partial charge in [-0.2, -0.15) is 0 Å². The monoisotopic (exact) mass is 380 g/mol. The predicted octanol–water partition coefficient (Wildman–Crippen LogP) is 6.84. The number of aromatic hydroxyl groups is 1. The number of phenols is 1. The molecule has 0 heterocycles. The van der Waals surface area contributed by atoms with Gasteiger partial charge in [-0.05, 0) is 36.3 Å². The quantitative estimate of drug-likeness (QED) is 0.368. The van der Waals surface area contributed by atoms with Crippen LogP contribution in [0.4, 0.5) is 0 Å². The highest BCUT2D eigenvalue weighted by Gasteiger charge is 2.14. The minimum absolute atomic E-state index is 0.0196. The van der Waals surface area contributed by atoms with Crippen LogP contribution in [0, 0.1) is 17.8 Å². The van der Waals surface area contributed by atoms with Crippen LogP contribution in [0.2, 0.25) is 0 Å². The molecule has 3 atom stereocenters. The van der Waals surface area contributed by atoms with E-state index in [2.05, 4.69) is 27.7 Å². The standard InChI is InChI=1S/C22H36O3S/c1-5-16(2)9-6-10-17(3)11-7-12-18(4)15-26-20-14-8-13-19(21(20)23)22(24)25/h8,13-14,16-18,23H,5-7,9-12,15H2,1-4H3,(H,24,25). The van der Waals surface area contributed by atoms with Crippen molar-refractivity contribution >= 4 is 17.7 Å². The molecule has 2 N–H and O–H groups in total. The van der Waals surface area contributed by atoms with Crippen molar-refractivity contribution in [1.29, 1.82) is 0 Å². The molecule has 0 saturated heterocycles. The summed E-state index contributed by atoms with van der Waals surface area (Å²) in [6.07, 6.45) is 9.04. The fourth-order valence-corrected chi connectivity index (χ4v) is 4.16. The van der Waals surface area contributed by atoms with Gasteiger partial charge in [0.05, 0.1) is 4.90 Å². The highest BCUT2D eigenvalue weighted by atomic mass is 32.2. The van der Waals surface area contributed by atoms with Gasteiger partial charge in [-0.3, -0.25) is 0 Å². The minimum Gasteiger partial charge on any atom is -0.506 e. The first-order valence-electron chi connectivity index (χ1n) is 10.0. The summed E-state index contributed by atoms with van der Waals surface area (Å²) in [6, 6.07) is 4.92. The zero-order valence-corrected chi connectivity index (χ0v) is 17.6. The average molecular weight is 381 g/mol. The molecule has 0 fully saturated rings. The number of benzene rings is 1. The van der Waals surface area contributed by atoms with E-state index in [4.69, 9.17) is 5.11 Å². The molecule has 3 nitrogen and oxygen atoms in total. The Morgan fingerprint density at radius 1 is 1.00 bits per heavy atom. The third-order valence-corrected chi connectivity index (χ3v) is 6.61. The zero-order chi connectivity index (χ0) is 19.5. The summed E-state index contributed by atoms with van der Waals surface area (Å²) < 4.78 is 0. The van der Waals surface area contributed by atoms with Crippen molar-refractivity contribution in [2.75, 3.05) is 5.75 Å². The van der Waals surface area contributed by atoms with Gasteiger partial charge in [0, 0.05) is 5.75 Å². The van der Waals surface area contributed by atoms with Crippen molar-refractivity contribution in [3.8, 4) is 5.75 Å². The molecule has 1 rings (SSSR count). The fourth-order valence-electron chi connectivity index (χ4n) is 3.10. The van der Waals surface area contributed by atoms with Gasteiger partial charge in [-0.15, -0.1) is 11.8 Å². The second kappa shape index (κ2) is 12.3. The Kier molecular flexibility index (Phi) is 10.8. The molecule has 148 valence electrons. The molecule has 26 heavy (non-hydrogen) atoms. The normalized spacial score (nSPS) is 14.8. The van der Waals surface area contributed by atoms with Crippen LogP contribution in [-0.4, -0.2) is 21.9 Å². The van der Waals surface area contributed by atoms with Crippen LogP contribution in [0.1, 0.15) is 83.0 Å². The number of para-hydroxylation sites is 1. The lowest BCUT2D eigenvalue weighted by molar-refractivity contribution is 0.0693. The van der Waals surface area contributed by atoms with Crippen LogP contribution in [0.25, 0.3) is 0 Å². The van der Waals surface area contributed by atoms with Crippen molar-refractivity contribution in [2.45, 2.75) is 77.5 Å². The van der Waals surface area contributed by atoms with E-state index in [0.717, 1.165) is 17.6 Å². The number of hydrogen-bond donors (Lipinski definition) is 2. The molecule has 4 heteroatoms. The number of carboxylic acid groups (broad SMARTS) is 1. The molecule has 0 aliphatic carbocycles. The number of carbonyl (C=O) groups is 1. The number of aromatic carboxylic acids is 1. The average Bonchev–Trinajstić information content (AvgIpc) is 2.60. The molecule has 1 aromatic rings. The van der Waals surface area contributed by atoms with E-state index < -0.39 is 5.97 Å². The fraction of sp³-hybridized carbons (Fsp3) is 0.682. The third-order valence-electron chi connectivity index (χ3n) is 5.24. The Hall–Kier alpha value is -1.16. The molecule has 0 saturated carbocycles. The summed E-state index contributed by atoms with van der Waals surface area (Å²) in [5, 5.41) is 19.1. The molecule has 1 aromatic carbocycles. The Labute approximate surface area is 163 Å². The van der Waals surface area contributed by atoms with Crippen molar-refractivity contribution in [3.05, 3.63) is 23.8 Å². The number of thioether (sulfide) groups is 1. The lowest BCUT2D eigenvalue weighted by Crippen LogP contribution is -2.02. The Morgan fingerprint density at radius 2 is 1.58 bits per heavy atom. The first-order valence-corrected chi connectivity index (χ1v) is 11.0. The van der Waals surface area contributed by atoms with Gasteiger partial charge in [-0.25, -0.2) is 4.79 Å². The third kappa shape index (κ3) is 8.48. The summed E-state index contributed by atoms with van der Waals surface area (Å²) >= 11 is 1.55. The van der Waals surface area contributed by atoms with Crippen molar-refractivity contribution in [1.82, 2.24) is 0 Å². The van der Waals surface area contributed by atoms with Gasteiger partial charge in [0.25, 0.3) is 0 Å². The van der Waals surface area contributed by atoms with E-state index in [0.29, 0.717) is 10.8 Å². The summed E-state index contributed by atoms with van der Waals surface area (Å²) in [5.41, 5.74) is -0.0196. The lowest BCUT2D eigenvalue weighted by Gasteiger charge is -2.15. The second-order valence-corrected chi connectivity index (χ2v) is 8.92. The summed E-state index contributed by atoms with van der Waals surface area (Å²) in [7, 11) is 0. The molecule has 0 spiro atoms. The SMILES string of the molecule is CCC(C)CCCC(C)CCCC(C)CSc1cccc(C(=O)O)c1O. The van der Waals surface area contributed by atoms with Crippen LogP contribution >= 0.6 is 11.8 Å². The van der Waals surface area contributed by atoms with Crippen LogP contribution in [0.15, 0.2) is 23.1 Å². The summed E-state index contributed by atoms with van der Waals surface area (Å²) in [5.74, 6) is 1.93. The smallest absolute Gasteiger partial charge is 0.339 e.